The first-order chi connectivity index (χ1) is 11.6. The van der Waals surface area contributed by atoms with E-state index in [9.17, 15) is 10.1 Å². The van der Waals surface area contributed by atoms with E-state index >= 15 is 0 Å². The molecule has 2 heterocycles. The smallest absolute Gasteiger partial charge is 0.267 e. The molecule has 2 aromatic heterocycles. The van der Waals surface area contributed by atoms with Crippen molar-refractivity contribution in [2.75, 3.05) is 11.6 Å². The van der Waals surface area contributed by atoms with Crippen LogP contribution in [0.1, 0.15) is 20.9 Å². The van der Waals surface area contributed by atoms with Crippen molar-refractivity contribution in [3.63, 3.8) is 0 Å². The highest BCUT2D eigenvalue weighted by Crippen LogP contribution is 2.24. The lowest BCUT2D eigenvalue weighted by molar-refractivity contribution is 0.102. The summed E-state index contributed by atoms with van der Waals surface area (Å²) in [6, 6.07) is 11.2. The Balaban J connectivity index is 2.12. The Kier molecular flexibility index (Phi) is 4.38. The van der Waals surface area contributed by atoms with Gasteiger partial charge in [-0.15, -0.1) is 11.8 Å². The molecule has 0 unspecified atom stereocenters. The van der Waals surface area contributed by atoms with Gasteiger partial charge in [-0.2, -0.15) is 5.26 Å². The molecule has 3 aromatic rings. The lowest BCUT2D eigenvalue weighted by atomic mass is 10.3. The average Bonchev–Trinajstić information content (AvgIpc) is 2.92. The normalized spacial score (nSPS) is 10.5. The number of carbonyl (C=O) groups is 1. The molecule has 8 heteroatoms. The summed E-state index contributed by atoms with van der Waals surface area (Å²) in [5.74, 6) is -0.252. The Morgan fingerprint density at radius 3 is 2.75 bits per heavy atom. The lowest BCUT2D eigenvalue weighted by Crippen LogP contribution is -2.20. The van der Waals surface area contributed by atoms with Crippen LogP contribution in [0.4, 0.5) is 5.69 Å². The molecule has 3 rings (SSSR count). The molecule has 0 saturated heterocycles. The zero-order valence-electron chi connectivity index (χ0n) is 13.0. The van der Waals surface area contributed by atoms with Crippen molar-refractivity contribution >= 4 is 39.7 Å². The third kappa shape index (κ3) is 2.68. The summed E-state index contributed by atoms with van der Waals surface area (Å²) in [6.07, 6.45) is 1.81. The number of para-hydroxylation sites is 1. The monoisotopic (exact) mass is 355 g/mol. The number of benzene rings is 1. The molecule has 1 amide bonds. The van der Waals surface area contributed by atoms with Crippen LogP contribution in [-0.4, -0.2) is 21.5 Å². The van der Waals surface area contributed by atoms with Crippen LogP contribution in [0.3, 0.4) is 0 Å². The predicted molar refractivity (Wildman–Crippen MR) is 94.6 cm³/mol. The summed E-state index contributed by atoms with van der Waals surface area (Å²) >= 11 is 2.53. The van der Waals surface area contributed by atoms with Crippen LogP contribution in [-0.2, 0) is 0 Å². The fourth-order valence-electron chi connectivity index (χ4n) is 2.32. The Morgan fingerprint density at radius 2 is 2.12 bits per heavy atom. The number of hydrogen-bond donors (Lipinski definition) is 2. The van der Waals surface area contributed by atoms with Crippen molar-refractivity contribution in [2.24, 2.45) is 0 Å². The van der Waals surface area contributed by atoms with Crippen molar-refractivity contribution in [1.82, 2.24) is 9.38 Å². The van der Waals surface area contributed by atoms with Gasteiger partial charge in [0.25, 0.3) is 5.91 Å². The van der Waals surface area contributed by atoms with Gasteiger partial charge < -0.3 is 5.32 Å². The van der Waals surface area contributed by atoms with Crippen molar-refractivity contribution in [3.05, 3.63) is 52.0 Å². The molecular weight excluding hydrogens is 342 g/mol. The second-order valence-corrected chi connectivity index (χ2v) is 6.68. The van der Waals surface area contributed by atoms with E-state index in [0.29, 0.717) is 26.2 Å². The largest absolute Gasteiger partial charge is 0.321 e. The minimum Gasteiger partial charge on any atom is -0.321 e. The minimum atomic E-state index is -0.252. The van der Waals surface area contributed by atoms with Crippen LogP contribution in [0.2, 0.25) is 0 Å². The number of anilines is 1. The van der Waals surface area contributed by atoms with Gasteiger partial charge in [0, 0.05) is 11.4 Å². The third-order valence-electron chi connectivity index (χ3n) is 3.46. The van der Waals surface area contributed by atoms with E-state index in [1.807, 2.05) is 42.7 Å². The topological polar surface area (TPSA) is 94.0 Å². The number of carbonyl (C=O) groups excluding carboxylic acids is 1. The fraction of sp³-hybridized carbons (Fsp3) is 0.125. The van der Waals surface area contributed by atoms with E-state index in [1.165, 1.54) is 23.1 Å². The Hall–Kier alpha value is -2.63. The molecule has 120 valence electrons. The second kappa shape index (κ2) is 6.47. The van der Waals surface area contributed by atoms with Crippen LogP contribution in [0.5, 0.6) is 0 Å². The number of nitrogens with zero attached hydrogens (tertiary/aromatic N) is 3. The average molecular weight is 355 g/mol. The van der Waals surface area contributed by atoms with E-state index in [2.05, 4.69) is 10.3 Å². The number of hydrogen-bond acceptors (Lipinski definition) is 6. The molecule has 2 N–H and O–H groups in total. The zero-order chi connectivity index (χ0) is 17.3. The predicted octanol–water partition coefficient (Wildman–Crippen LogP) is 3.03. The third-order valence-corrected chi connectivity index (χ3v) is 5.29. The van der Waals surface area contributed by atoms with E-state index in [0.717, 1.165) is 0 Å². The molecule has 0 aliphatic rings. The van der Waals surface area contributed by atoms with Crippen LogP contribution < -0.4 is 10.8 Å². The van der Waals surface area contributed by atoms with Crippen molar-refractivity contribution in [2.45, 2.75) is 11.9 Å². The number of aromatic nitrogens is 2. The van der Waals surface area contributed by atoms with Crippen molar-refractivity contribution in [1.29, 1.82) is 10.7 Å². The molecular formula is C16H13N5OS2. The van der Waals surface area contributed by atoms with E-state index in [1.54, 1.807) is 11.3 Å². The SMILES string of the molecule is CSc1nc2sc(C(=O)Nc3ccccc3)c(C)n2c(=N)c1C#N. The standard InChI is InChI=1S/C16H13N5OS2/c1-9-12(14(22)19-10-6-4-3-5-7-10)24-16-20-15(23-2)11(8-17)13(18)21(9)16/h3-7,18H,1-2H3,(H,19,22). The Morgan fingerprint density at radius 1 is 1.42 bits per heavy atom. The molecule has 6 nitrogen and oxygen atoms in total. The molecule has 0 spiro atoms. The number of thioether (sulfide) groups is 1. The summed E-state index contributed by atoms with van der Waals surface area (Å²) < 4.78 is 1.54. The molecule has 0 bridgehead atoms. The van der Waals surface area contributed by atoms with Crippen LogP contribution >= 0.6 is 23.1 Å². The first kappa shape index (κ1) is 16.2. The molecule has 24 heavy (non-hydrogen) atoms. The number of fused-ring (bicyclic) bond motifs is 1. The minimum absolute atomic E-state index is 0.0550. The van der Waals surface area contributed by atoms with Crippen molar-refractivity contribution in [3.8, 4) is 6.07 Å². The van der Waals surface area contributed by atoms with Gasteiger partial charge in [-0.25, -0.2) is 4.98 Å². The van der Waals surface area contributed by atoms with E-state index < -0.39 is 0 Å². The number of nitrogens with one attached hydrogen (secondary N) is 2. The number of nitriles is 1. The van der Waals surface area contributed by atoms with Gasteiger partial charge in [-0.05, 0) is 25.3 Å². The fourth-order valence-corrected chi connectivity index (χ4v) is 3.92. The summed E-state index contributed by atoms with van der Waals surface area (Å²) in [4.78, 5) is 18.0. The maximum Gasteiger partial charge on any atom is 0.267 e. The molecule has 1 aromatic carbocycles. The molecule has 0 atom stereocenters. The molecule has 0 radical (unpaired) electrons. The molecule has 0 aliphatic heterocycles. The summed E-state index contributed by atoms with van der Waals surface area (Å²) in [6.45, 7) is 1.75. The van der Waals surface area contributed by atoms with Gasteiger partial charge in [-0.1, -0.05) is 29.5 Å². The van der Waals surface area contributed by atoms with Gasteiger partial charge in [0.2, 0.25) is 0 Å². The summed E-state index contributed by atoms with van der Waals surface area (Å²) in [7, 11) is 0. The molecule has 0 saturated carbocycles. The van der Waals surface area contributed by atoms with Gasteiger partial charge in [0.05, 0.1) is 0 Å². The first-order valence-corrected chi connectivity index (χ1v) is 9.02. The van der Waals surface area contributed by atoms with E-state index in [4.69, 9.17) is 5.41 Å². The van der Waals surface area contributed by atoms with Gasteiger partial charge in [-0.3, -0.25) is 14.6 Å². The Labute approximate surface area is 146 Å². The highest BCUT2D eigenvalue weighted by molar-refractivity contribution is 7.98. The van der Waals surface area contributed by atoms with Gasteiger partial charge in [0.15, 0.2) is 10.4 Å². The molecule has 0 aliphatic carbocycles. The number of amides is 1. The quantitative estimate of drug-likeness (QED) is 0.558. The number of rotatable bonds is 3. The highest BCUT2D eigenvalue weighted by Gasteiger charge is 2.20. The second-order valence-electron chi connectivity index (χ2n) is 4.91. The summed E-state index contributed by atoms with van der Waals surface area (Å²) in [5.41, 5.74) is 1.58. The van der Waals surface area contributed by atoms with Gasteiger partial charge in [0.1, 0.15) is 21.5 Å². The number of thiazole rings is 1. The molecule has 0 fully saturated rings. The van der Waals surface area contributed by atoms with Crippen molar-refractivity contribution < 1.29 is 4.79 Å². The maximum absolute atomic E-state index is 12.6. The van der Waals surface area contributed by atoms with Crippen LogP contribution in [0.25, 0.3) is 4.96 Å². The van der Waals surface area contributed by atoms with Crippen LogP contribution in [0, 0.1) is 23.7 Å². The zero-order valence-corrected chi connectivity index (χ0v) is 14.6. The number of aryl methyl sites for hydroxylation is 1. The lowest BCUT2D eigenvalue weighted by Gasteiger charge is -2.04. The van der Waals surface area contributed by atoms with Gasteiger partial charge >= 0.3 is 0 Å². The first-order valence-electron chi connectivity index (χ1n) is 6.98. The van der Waals surface area contributed by atoms with Crippen LogP contribution in [0.15, 0.2) is 35.4 Å². The maximum atomic E-state index is 12.6. The van der Waals surface area contributed by atoms with E-state index in [-0.39, 0.29) is 17.0 Å². The highest BCUT2D eigenvalue weighted by atomic mass is 32.2. The summed E-state index contributed by atoms with van der Waals surface area (Å²) in [5, 5.41) is 20.9. The Bertz CT molecular complexity index is 1030.